The van der Waals surface area contributed by atoms with Gasteiger partial charge in [-0.05, 0) is 60.0 Å². The number of rotatable bonds is 5. The first kappa shape index (κ1) is 39.0. The number of fused-ring (bicyclic) bond motifs is 5. The fourth-order valence-corrected chi connectivity index (χ4v) is 7.37. The topological polar surface area (TPSA) is 191 Å². The number of benzene rings is 2. The van der Waals surface area contributed by atoms with Crippen molar-refractivity contribution in [3.05, 3.63) is 79.3 Å². The molecule has 280 valence electrons. The van der Waals surface area contributed by atoms with Crippen molar-refractivity contribution in [3.63, 3.8) is 0 Å². The summed E-state index contributed by atoms with van der Waals surface area (Å²) in [5.41, 5.74) is -1.07. The van der Waals surface area contributed by atoms with Crippen molar-refractivity contribution < 1.29 is 48.1 Å². The van der Waals surface area contributed by atoms with E-state index in [1.807, 2.05) is 13.0 Å². The number of allylic oxidation sites excluding steroid dienone is 3. The van der Waals surface area contributed by atoms with Gasteiger partial charge >= 0.3 is 12.2 Å². The Morgan fingerprint density at radius 2 is 1.98 bits per heavy atom. The van der Waals surface area contributed by atoms with Gasteiger partial charge in [-0.25, -0.2) is 9.59 Å². The number of hydrogen-bond donors (Lipinski definition) is 3. The standard InChI is InChI=1S/C35H40BrClN4O11/c1-18-8-7-9-27(49-6)35(45)17-26(50-33(44)39-35)19(2)31-34(3,52-31)28(51-32(43)38-23-11-10-21(41(46)47)15-22(23)36)16-29(42)40(4)24-13-20(12-18)14-25(48-5)30(24)37/h7-11,13-15,19,26-28,31,45H,12,16-17H2,1-6H3,(H,38,43)(H,39,44)/b9-7+,18-8+/t19-,26+,27-,28+,31+,34+,35+/m1/s1. The predicted octanol–water partition coefficient (Wildman–Crippen LogP) is 6.04. The zero-order valence-corrected chi connectivity index (χ0v) is 31.6. The number of anilines is 2. The number of carbonyl (C=O) groups is 3. The van der Waals surface area contributed by atoms with E-state index < -0.39 is 64.7 Å². The van der Waals surface area contributed by atoms with Crippen LogP contribution >= 0.6 is 27.5 Å². The van der Waals surface area contributed by atoms with Gasteiger partial charge in [0.15, 0.2) is 5.72 Å². The molecule has 0 aliphatic carbocycles. The van der Waals surface area contributed by atoms with E-state index in [-0.39, 0.29) is 33.7 Å². The summed E-state index contributed by atoms with van der Waals surface area (Å²) in [6.45, 7) is 5.34. The lowest BCUT2D eigenvalue weighted by Crippen LogP contribution is -2.63. The lowest BCUT2D eigenvalue weighted by molar-refractivity contribution is -0.384. The maximum Gasteiger partial charge on any atom is 0.412 e. The number of ether oxygens (including phenoxy) is 5. The molecule has 3 aliphatic heterocycles. The second-order valence-electron chi connectivity index (χ2n) is 13.2. The van der Waals surface area contributed by atoms with E-state index in [1.165, 1.54) is 37.3 Å². The Hall–Kier alpha value is -4.22. The van der Waals surface area contributed by atoms with Gasteiger partial charge in [-0.3, -0.25) is 25.5 Å². The Bertz CT molecular complexity index is 1820. The number of non-ortho nitro benzene ring substituents is 1. The van der Waals surface area contributed by atoms with E-state index in [0.717, 1.165) is 11.1 Å². The van der Waals surface area contributed by atoms with Crippen LogP contribution in [0.1, 0.15) is 39.2 Å². The zero-order chi connectivity index (χ0) is 38.1. The van der Waals surface area contributed by atoms with Crippen molar-refractivity contribution in [1.29, 1.82) is 0 Å². The molecular weight excluding hydrogens is 768 g/mol. The number of nitro benzene ring substituents is 1. The molecule has 2 fully saturated rings. The van der Waals surface area contributed by atoms with Crippen LogP contribution in [-0.4, -0.2) is 85.1 Å². The molecule has 2 aromatic carbocycles. The Kier molecular flexibility index (Phi) is 11.6. The number of aliphatic hydroxyl groups is 1. The van der Waals surface area contributed by atoms with Crippen molar-refractivity contribution in [2.24, 2.45) is 5.92 Å². The molecule has 2 aromatic rings. The van der Waals surface area contributed by atoms with Crippen LogP contribution in [0.5, 0.6) is 5.75 Å². The highest BCUT2D eigenvalue weighted by atomic mass is 79.9. The van der Waals surface area contributed by atoms with Crippen LogP contribution in [0.2, 0.25) is 5.02 Å². The first-order valence-corrected chi connectivity index (χ1v) is 17.5. The summed E-state index contributed by atoms with van der Waals surface area (Å²) in [4.78, 5) is 52.2. The molecule has 7 atom stereocenters. The minimum atomic E-state index is -1.85. The number of hydrogen-bond acceptors (Lipinski definition) is 11. The van der Waals surface area contributed by atoms with Gasteiger partial charge in [0.2, 0.25) is 5.91 Å². The molecule has 3 N–H and O–H groups in total. The number of nitrogens with one attached hydrogen (secondary N) is 2. The van der Waals surface area contributed by atoms with Crippen LogP contribution in [0.3, 0.4) is 0 Å². The van der Waals surface area contributed by atoms with E-state index in [4.69, 9.17) is 35.3 Å². The fraction of sp³-hybridized carbons (Fsp3) is 0.457. The highest BCUT2D eigenvalue weighted by Gasteiger charge is 2.64. The molecule has 15 nitrogen and oxygen atoms in total. The molecule has 0 aromatic heterocycles. The number of nitrogens with zero attached hydrogens (tertiary/aromatic N) is 2. The maximum absolute atomic E-state index is 14.0. The van der Waals surface area contributed by atoms with Crippen molar-refractivity contribution in [2.45, 2.75) is 75.8 Å². The molecule has 2 saturated heterocycles. The van der Waals surface area contributed by atoms with Crippen molar-refractivity contribution in [2.75, 3.05) is 31.5 Å². The molecule has 0 saturated carbocycles. The number of amides is 3. The average molecular weight is 808 g/mol. The molecule has 0 radical (unpaired) electrons. The van der Waals surface area contributed by atoms with Crippen LogP contribution in [0.15, 0.2) is 58.6 Å². The summed E-state index contributed by atoms with van der Waals surface area (Å²) in [6, 6.07) is 7.32. The van der Waals surface area contributed by atoms with E-state index in [9.17, 15) is 29.6 Å². The maximum atomic E-state index is 14.0. The van der Waals surface area contributed by atoms with Gasteiger partial charge in [0.25, 0.3) is 5.69 Å². The van der Waals surface area contributed by atoms with E-state index >= 15 is 0 Å². The summed E-state index contributed by atoms with van der Waals surface area (Å²) in [7, 11) is 4.43. The van der Waals surface area contributed by atoms with Crippen LogP contribution < -0.4 is 20.3 Å². The van der Waals surface area contributed by atoms with Crippen LogP contribution in [0, 0.1) is 16.0 Å². The molecule has 3 aliphatic rings. The second-order valence-corrected chi connectivity index (χ2v) is 14.5. The van der Waals surface area contributed by atoms with Crippen molar-refractivity contribution in [1.82, 2.24) is 5.32 Å². The summed E-state index contributed by atoms with van der Waals surface area (Å²) < 4.78 is 29.1. The number of methoxy groups -OCH3 is 2. The normalized spacial score (nSPS) is 30.8. The Morgan fingerprint density at radius 1 is 1.25 bits per heavy atom. The zero-order valence-electron chi connectivity index (χ0n) is 29.3. The number of halogens is 2. The smallest absolute Gasteiger partial charge is 0.412 e. The molecule has 52 heavy (non-hydrogen) atoms. The Morgan fingerprint density at radius 3 is 2.63 bits per heavy atom. The first-order chi connectivity index (χ1) is 24.5. The number of epoxide rings is 1. The molecule has 5 rings (SSSR count). The molecule has 3 amide bonds. The minimum absolute atomic E-state index is 0.0760. The average Bonchev–Trinajstić information content (AvgIpc) is 3.78. The molecule has 4 bridgehead atoms. The van der Waals surface area contributed by atoms with Crippen LogP contribution in [-0.2, 0) is 30.2 Å². The lowest BCUT2D eigenvalue weighted by Gasteiger charge is -2.42. The van der Waals surface area contributed by atoms with Crippen LogP contribution in [0.25, 0.3) is 0 Å². The molecule has 0 unspecified atom stereocenters. The molecule has 17 heteroatoms. The van der Waals surface area contributed by atoms with Crippen molar-refractivity contribution >= 4 is 62.7 Å². The number of alkyl carbamates (subject to hydrolysis) is 1. The summed E-state index contributed by atoms with van der Waals surface area (Å²) in [5, 5.41) is 28.1. The molecular formula is C35H40BrClN4O11. The van der Waals surface area contributed by atoms with E-state index in [1.54, 1.807) is 45.2 Å². The van der Waals surface area contributed by atoms with Gasteiger partial charge in [0.05, 0.1) is 35.9 Å². The summed E-state index contributed by atoms with van der Waals surface area (Å²) >= 11 is 9.95. The van der Waals surface area contributed by atoms with Gasteiger partial charge < -0.3 is 33.7 Å². The summed E-state index contributed by atoms with van der Waals surface area (Å²) in [5.74, 6) is -0.688. The van der Waals surface area contributed by atoms with E-state index in [2.05, 4.69) is 26.6 Å². The third-order valence-corrected chi connectivity index (χ3v) is 10.6. The number of nitro groups is 1. The lowest BCUT2D eigenvalue weighted by atomic mass is 9.83. The monoisotopic (exact) mass is 806 g/mol. The number of carbonyl (C=O) groups excluding carboxylic acids is 3. The largest absolute Gasteiger partial charge is 0.495 e. The van der Waals surface area contributed by atoms with Crippen LogP contribution in [0.4, 0.5) is 26.7 Å². The first-order valence-electron chi connectivity index (χ1n) is 16.3. The fourth-order valence-electron chi connectivity index (χ4n) is 6.59. The third kappa shape index (κ3) is 8.20. The van der Waals surface area contributed by atoms with Gasteiger partial charge in [-0.15, -0.1) is 0 Å². The second kappa shape index (κ2) is 15.4. The SMILES string of the molecule is COc1cc2cc(c1Cl)N(C)C(=O)C[C@H](OC(=O)Nc1ccc([N+](=O)[O-])cc1Br)[C@]1(C)O[C@H]1[C@H](C)[C@@H]1C[C@@](O)(NC(=O)O1)[C@H](OC)/C=C/C=C(\C)C2. The highest BCUT2D eigenvalue weighted by molar-refractivity contribution is 9.10. The third-order valence-electron chi connectivity index (χ3n) is 9.60. The van der Waals surface area contributed by atoms with E-state index in [0.29, 0.717) is 17.9 Å². The predicted molar refractivity (Wildman–Crippen MR) is 194 cm³/mol. The van der Waals surface area contributed by atoms with Gasteiger partial charge in [0.1, 0.15) is 34.7 Å². The van der Waals surface area contributed by atoms with Gasteiger partial charge in [-0.1, -0.05) is 42.3 Å². The Labute approximate surface area is 313 Å². The molecule has 0 spiro atoms. The highest BCUT2D eigenvalue weighted by Crippen LogP contribution is 2.49. The van der Waals surface area contributed by atoms with Gasteiger partial charge in [-0.2, -0.15) is 0 Å². The summed E-state index contributed by atoms with van der Waals surface area (Å²) in [6.07, 6.45) is -0.347. The van der Waals surface area contributed by atoms with Crippen molar-refractivity contribution in [3.8, 4) is 5.75 Å². The van der Waals surface area contributed by atoms with Gasteiger partial charge in [0, 0.05) is 43.1 Å². The Balaban J connectivity index is 1.53. The minimum Gasteiger partial charge on any atom is -0.495 e. The quantitative estimate of drug-likeness (QED) is 0.181. The molecule has 3 heterocycles.